The molecule has 0 radical (unpaired) electrons. The van der Waals surface area contributed by atoms with Gasteiger partial charge in [0.2, 0.25) is 11.8 Å². The summed E-state index contributed by atoms with van der Waals surface area (Å²) >= 11 is 5.55. The van der Waals surface area contributed by atoms with Crippen molar-refractivity contribution in [1.82, 2.24) is 39.8 Å². The molecule has 3 aliphatic heterocycles. The van der Waals surface area contributed by atoms with E-state index in [4.69, 9.17) is 31.7 Å². The van der Waals surface area contributed by atoms with E-state index < -0.39 is 0 Å². The minimum atomic E-state index is -0.0858. The van der Waals surface area contributed by atoms with Gasteiger partial charge in [-0.25, -0.2) is 19.9 Å². The highest BCUT2D eigenvalue weighted by Gasteiger charge is 2.53. The van der Waals surface area contributed by atoms with Gasteiger partial charge in [0.05, 0.1) is 29.0 Å². The summed E-state index contributed by atoms with van der Waals surface area (Å²) in [5.74, 6) is 4.42. The number of aromatic nitrogens is 6. The van der Waals surface area contributed by atoms with Crippen molar-refractivity contribution in [1.29, 1.82) is 5.26 Å². The van der Waals surface area contributed by atoms with Crippen LogP contribution >= 0.6 is 11.6 Å². The third kappa shape index (κ3) is 12.2. The van der Waals surface area contributed by atoms with Crippen LogP contribution in [0.5, 0.6) is 11.6 Å². The Morgan fingerprint density at radius 2 is 1.66 bits per heavy atom. The van der Waals surface area contributed by atoms with E-state index in [9.17, 15) is 9.90 Å². The molecule has 3 saturated heterocycles. The molecular weight excluding hydrogens is 904 g/mol. The lowest BCUT2D eigenvalue weighted by Crippen LogP contribution is -2.63. The van der Waals surface area contributed by atoms with Crippen molar-refractivity contribution < 1.29 is 19.7 Å². The van der Waals surface area contributed by atoms with Gasteiger partial charge in [0, 0.05) is 87.7 Å². The summed E-state index contributed by atoms with van der Waals surface area (Å²) in [5, 5.41) is 38.8. The minimum Gasteiger partial charge on any atom is -0.508 e. The van der Waals surface area contributed by atoms with E-state index in [1.165, 1.54) is 24.6 Å². The highest BCUT2D eigenvalue weighted by molar-refractivity contribution is 6.31. The number of piperidine rings is 3. The van der Waals surface area contributed by atoms with Gasteiger partial charge in [-0.15, -0.1) is 0 Å². The Labute approximate surface area is 417 Å². The molecular formula is C53H71ClN12O4. The van der Waals surface area contributed by atoms with Crippen LogP contribution in [0.3, 0.4) is 0 Å². The molecule has 1 aliphatic carbocycles. The largest absolute Gasteiger partial charge is 0.508 e. The molecule has 0 spiro atoms. The number of nitrogens with zero attached hydrogens (tertiary/aromatic N) is 10. The lowest BCUT2D eigenvalue weighted by Gasteiger charge is -2.57. The molecule has 4 N–H and O–H groups in total. The Balaban J connectivity index is 0.000000587. The van der Waals surface area contributed by atoms with Gasteiger partial charge in [0.25, 0.3) is 5.91 Å². The first-order valence-corrected chi connectivity index (χ1v) is 25.7. The van der Waals surface area contributed by atoms with Gasteiger partial charge in [0.15, 0.2) is 5.65 Å². The van der Waals surface area contributed by atoms with E-state index in [-0.39, 0.29) is 40.2 Å². The molecule has 1 saturated carbocycles. The van der Waals surface area contributed by atoms with Crippen LogP contribution in [-0.2, 0) is 13.0 Å². The number of carbonyl (C=O) groups excluding carboxylic acids is 1. The molecule has 4 fully saturated rings. The van der Waals surface area contributed by atoms with Crippen molar-refractivity contribution >= 4 is 40.7 Å². The average molecular weight is 976 g/mol. The van der Waals surface area contributed by atoms with Crippen molar-refractivity contribution in [2.75, 3.05) is 67.6 Å². The highest BCUT2D eigenvalue weighted by Crippen LogP contribution is 2.53. The Kier molecular flexibility index (Phi) is 16.3. The third-order valence-electron chi connectivity index (χ3n) is 14.9. The molecule has 1 atom stereocenters. The zero-order valence-electron chi connectivity index (χ0n) is 41.6. The van der Waals surface area contributed by atoms with Crippen LogP contribution in [0, 0.1) is 34.0 Å². The number of pyridine rings is 1. The van der Waals surface area contributed by atoms with Gasteiger partial charge < -0.3 is 40.3 Å². The van der Waals surface area contributed by atoms with Crippen LogP contribution in [-0.4, -0.2) is 115 Å². The van der Waals surface area contributed by atoms with Crippen LogP contribution in [0.25, 0.3) is 5.65 Å². The second-order valence-electron chi connectivity index (χ2n) is 21.1. The van der Waals surface area contributed by atoms with Crippen molar-refractivity contribution in [2.24, 2.45) is 22.7 Å². The van der Waals surface area contributed by atoms with Crippen molar-refractivity contribution in [2.45, 2.75) is 117 Å². The number of amides is 1. The van der Waals surface area contributed by atoms with Gasteiger partial charge >= 0.3 is 0 Å². The maximum Gasteiger partial charge on any atom is 0.254 e. The van der Waals surface area contributed by atoms with E-state index in [0.717, 1.165) is 131 Å². The molecule has 5 aromatic rings. The van der Waals surface area contributed by atoms with Crippen molar-refractivity contribution in [3.63, 3.8) is 0 Å². The highest BCUT2D eigenvalue weighted by atomic mass is 35.5. The molecule has 70 heavy (non-hydrogen) atoms. The number of rotatable bonds is 15. The van der Waals surface area contributed by atoms with Gasteiger partial charge in [-0.2, -0.15) is 14.9 Å². The molecule has 4 aliphatic rings. The number of nitriles is 1. The summed E-state index contributed by atoms with van der Waals surface area (Å²) in [6.45, 7) is 18.7. The van der Waals surface area contributed by atoms with Crippen LogP contribution in [0.1, 0.15) is 119 Å². The topological polar surface area (TPSA) is 193 Å². The predicted molar refractivity (Wildman–Crippen MR) is 274 cm³/mol. The lowest BCUT2D eigenvalue weighted by atomic mass is 9.52. The number of hydrogen-bond acceptors (Lipinski definition) is 14. The quantitative estimate of drug-likeness (QED) is 0.0783. The van der Waals surface area contributed by atoms with Crippen LogP contribution in [0.4, 0.5) is 17.6 Å². The fraction of sp³-hybridized carbons (Fsp3) is 0.566. The van der Waals surface area contributed by atoms with E-state index >= 15 is 0 Å². The minimum absolute atomic E-state index is 0.0731. The molecule has 17 heteroatoms. The number of phenolic OH excluding ortho intramolecular Hbond substituents is 1. The number of ether oxygens (including phenoxy) is 1. The number of carbonyl (C=O) groups is 1. The second kappa shape index (κ2) is 22.5. The average Bonchev–Trinajstić information content (AvgIpc) is 3.79. The molecule has 0 bridgehead atoms. The summed E-state index contributed by atoms with van der Waals surface area (Å²) in [6, 6.07) is 12.7. The molecule has 9 rings (SSSR count). The smallest absolute Gasteiger partial charge is 0.254 e. The number of aromatic hydroxyl groups is 1. The number of phenols is 1. The Hall–Kier alpha value is -5.76. The normalized spacial score (nSPS) is 19.7. The zero-order chi connectivity index (χ0) is 49.4. The number of benzene rings is 1. The van der Waals surface area contributed by atoms with E-state index in [1.54, 1.807) is 12.4 Å². The molecule has 7 heterocycles. The monoisotopic (exact) mass is 975 g/mol. The molecule has 374 valence electrons. The number of fused-ring (bicyclic) bond motifs is 1. The Morgan fingerprint density at radius 3 is 2.31 bits per heavy atom. The number of nitrogens with one attached hydrogen (secondary N) is 2. The number of likely N-dealkylation sites (tertiary alicyclic amines) is 1. The number of aliphatic hydroxyl groups excluding tert-OH is 1. The SMILES string of the molecule is CCc1cnn2c(NCc3ccc(OCC4CCN(CC5CCN(c6ncc(C(=O)NC7C(C)(C)CC7(C)C)cn6)CC5)CC4)nc3)cc(N3CCCCC3CCO)nc12.N#Cc1ccc(O)cc1Cl. The molecule has 1 aromatic carbocycles. The number of aryl methyl sites for hydroxylation is 1. The summed E-state index contributed by atoms with van der Waals surface area (Å²) in [6.07, 6.45) is 17.8. The van der Waals surface area contributed by atoms with Crippen molar-refractivity contribution in [3.05, 3.63) is 88.5 Å². The summed E-state index contributed by atoms with van der Waals surface area (Å²) in [4.78, 5) is 39.2. The zero-order valence-corrected chi connectivity index (χ0v) is 42.3. The molecule has 1 unspecified atom stereocenters. The first-order valence-electron chi connectivity index (χ1n) is 25.3. The maximum atomic E-state index is 13.0. The maximum absolute atomic E-state index is 13.0. The van der Waals surface area contributed by atoms with Crippen molar-refractivity contribution in [3.8, 4) is 17.7 Å². The molecule has 4 aromatic heterocycles. The van der Waals surface area contributed by atoms with E-state index in [2.05, 4.69) is 92.1 Å². The third-order valence-corrected chi connectivity index (χ3v) is 15.2. The second-order valence-corrected chi connectivity index (χ2v) is 21.5. The van der Waals surface area contributed by atoms with Gasteiger partial charge in [-0.3, -0.25) is 4.79 Å². The summed E-state index contributed by atoms with van der Waals surface area (Å²) in [7, 11) is 0. The summed E-state index contributed by atoms with van der Waals surface area (Å²) < 4.78 is 8.12. The lowest BCUT2D eigenvalue weighted by molar-refractivity contribution is -0.0366. The van der Waals surface area contributed by atoms with E-state index in [1.807, 2.05) is 29.0 Å². The first-order chi connectivity index (χ1) is 33.7. The Morgan fingerprint density at radius 1 is 0.914 bits per heavy atom. The fourth-order valence-electron chi connectivity index (χ4n) is 11.4. The van der Waals surface area contributed by atoms with Gasteiger partial charge in [-0.1, -0.05) is 52.3 Å². The van der Waals surface area contributed by atoms with Gasteiger partial charge in [0.1, 0.15) is 23.5 Å². The predicted octanol–water partition coefficient (Wildman–Crippen LogP) is 8.31. The number of anilines is 3. The van der Waals surface area contributed by atoms with Crippen LogP contribution < -0.4 is 25.2 Å². The van der Waals surface area contributed by atoms with Crippen LogP contribution in [0.2, 0.25) is 5.02 Å². The Bertz CT molecular complexity index is 2550. The molecule has 16 nitrogen and oxygen atoms in total. The first kappa shape index (κ1) is 50.6. The van der Waals surface area contributed by atoms with E-state index in [0.29, 0.717) is 48.0 Å². The fourth-order valence-corrected chi connectivity index (χ4v) is 11.6. The van der Waals surface area contributed by atoms with Gasteiger partial charge in [-0.05, 0) is 124 Å². The number of aliphatic hydroxyl groups is 1. The van der Waals surface area contributed by atoms with Crippen LogP contribution in [0.15, 0.2) is 61.2 Å². The standard InChI is InChI=1S/C46H67N11O3.C7H4ClNO/c1-6-35-28-51-57-38(23-39(52-41(35)57)56-17-8-7-9-37(56)16-22-58)47-24-34-10-11-40(48-25-34)60-30-33-12-18-54(19-13-33)29-32-14-20-55(21-15-32)44-49-26-36(27-50-44)42(59)53-43-45(2,3)31-46(43,4)5;8-7-3-6(10)2-1-5(7)4-9/h10-11,23,25-28,32-33,37,43,47,58H,6-9,12-22,24,29-31H2,1-5H3,(H,53,59);1-3,10H. The molecule has 1 amide bonds. The number of hydrogen-bond donors (Lipinski definition) is 4. The summed E-state index contributed by atoms with van der Waals surface area (Å²) in [5.41, 5.74) is 4.17. The number of halogens is 1.